The number of aromatic nitrogens is 1. The van der Waals surface area contributed by atoms with Crippen LogP contribution in [0.4, 0.5) is 5.69 Å². The van der Waals surface area contributed by atoms with Crippen LogP contribution in [0.1, 0.15) is 23.5 Å². The first kappa shape index (κ1) is 18.6. The fourth-order valence-corrected chi connectivity index (χ4v) is 5.35. The van der Waals surface area contributed by atoms with Crippen molar-refractivity contribution in [1.29, 1.82) is 0 Å². The fraction of sp³-hybridized carbons (Fsp3) is 0.348. The molecule has 150 valence electrons. The summed E-state index contributed by atoms with van der Waals surface area (Å²) in [6.07, 6.45) is 4.55. The molecule has 1 saturated heterocycles. The van der Waals surface area contributed by atoms with Crippen LogP contribution in [0.25, 0.3) is 10.9 Å². The summed E-state index contributed by atoms with van der Waals surface area (Å²) in [6.45, 7) is 1.99. The fourth-order valence-electron chi connectivity index (χ4n) is 5.16. The van der Waals surface area contributed by atoms with Gasteiger partial charge in [0, 0.05) is 47.8 Å². The summed E-state index contributed by atoms with van der Waals surface area (Å²) in [5.74, 6) is 1.16. The minimum atomic E-state index is 0.573. The van der Waals surface area contributed by atoms with Gasteiger partial charge in [0.05, 0.1) is 0 Å². The van der Waals surface area contributed by atoms with Gasteiger partial charge in [0.15, 0.2) is 5.11 Å². The number of likely N-dealkylation sites (N-methyl/N-ethyl adjacent to an activating group) is 1. The molecule has 1 aromatic heterocycles. The van der Waals surface area contributed by atoms with Gasteiger partial charge in [-0.2, -0.15) is 0 Å². The molecule has 0 spiro atoms. The molecule has 0 bridgehead atoms. The van der Waals surface area contributed by atoms with Crippen LogP contribution in [0.5, 0.6) is 0 Å². The summed E-state index contributed by atoms with van der Waals surface area (Å²) in [4.78, 5) is 6.01. The number of thiocarbonyl (C=S) groups is 1. The molecule has 1 fully saturated rings. The lowest BCUT2D eigenvalue weighted by molar-refractivity contribution is 0.110. The van der Waals surface area contributed by atoms with E-state index in [-0.39, 0.29) is 0 Å². The van der Waals surface area contributed by atoms with E-state index in [2.05, 4.69) is 57.5 Å². The van der Waals surface area contributed by atoms with E-state index in [0.717, 1.165) is 25.2 Å². The zero-order valence-corrected chi connectivity index (χ0v) is 17.4. The van der Waals surface area contributed by atoms with Crippen LogP contribution in [0, 0.1) is 5.92 Å². The summed E-state index contributed by atoms with van der Waals surface area (Å²) < 4.78 is 0. The predicted octanol–water partition coefficient (Wildman–Crippen LogP) is 3.62. The zero-order chi connectivity index (χ0) is 19.8. The van der Waals surface area contributed by atoms with Crippen molar-refractivity contribution in [3.63, 3.8) is 0 Å². The number of nitrogens with zero attached hydrogens (tertiary/aromatic N) is 1. The molecule has 0 saturated carbocycles. The zero-order valence-electron chi connectivity index (χ0n) is 16.6. The summed E-state index contributed by atoms with van der Waals surface area (Å²) in [5, 5.41) is 5.25. The van der Waals surface area contributed by atoms with Gasteiger partial charge in [0.1, 0.15) is 0 Å². The van der Waals surface area contributed by atoms with Crippen molar-refractivity contribution in [2.24, 2.45) is 5.92 Å². The van der Waals surface area contributed by atoms with E-state index < -0.39 is 0 Å². The van der Waals surface area contributed by atoms with Crippen LogP contribution < -0.4 is 16.2 Å². The normalized spacial score (nSPS) is 23.6. The monoisotopic (exact) mass is 405 g/mol. The van der Waals surface area contributed by atoms with E-state index in [0.29, 0.717) is 23.0 Å². The van der Waals surface area contributed by atoms with E-state index in [9.17, 15) is 0 Å². The molecule has 29 heavy (non-hydrogen) atoms. The van der Waals surface area contributed by atoms with Gasteiger partial charge < -0.3 is 15.2 Å². The number of fused-ring (bicyclic) bond motifs is 2. The average molecular weight is 406 g/mol. The second kappa shape index (κ2) is 7.78. The molecule has 2 aliphatic rings. The molecule has 2 aromatic carbocycles. The number of aromatic amines is 1. The average Bonchev–Trinajstić information content (AvgIpc) is 3.14. The number of hydrogen-bond acceptors (Lipinski definition) is 3. The van der Waals surface area contributed by atoms with Crippen molar-refractivity contribution < 1.29 is 0 Å². The number of H-pyrrole nitrogens is 1. The Balaban J connectivity index is 1.22. The molecule has 3 atom stereocenters. The highest BCUT2D eigenvalue weighted by Gasteiger charge is 2.39. The van der Waals surface area contributed by atoms with Crippen molar-refractivity contribution in [2.75, 3.05) is 25.5 Å². The Bertz CT molecular complexity index is 1010. The molecule has 6 heteroatoms. The number of hydrazine groups is 1. The third-order valence-electron chi connectivity index (χ3n) is 6.44. The molecular formula is C23H27N5S. The Kier molecular flexibility index (Phi) is 4.99. The van der Waals surface area contributed by atoms with Gasteiger partial charge in [0.25, 0.3) is 0 Å². The minimum absolute atomic E-state index is 0.573. The quantitative estimate of drug-likeness (QED) is 0.395. The topological polar surface area (TPSA) is 55.1 Å². The maximum absolute atomic E-state index is 5.40. The summed E-state index contributed by atoms with van der Waals surface area (Å²) in [6, 6.07) is 17.3. The minimum Gasteiger partial charge on any atom is -0.361 e. The number of anilines is 1. The molecule has 1 aliphatic heterocycles. The lowest BCUT2D eigenvalue weighted by atomic mass is 9.72. The Labute approximate surface area is 176 Å². The second-order valence-corrected chi connectivity index (χ2v) is 8.74. The van der Waals surface area contributed by atoms with E-state index in [4.69, 9.17) is 12.2 Å². The van der Waals surface area contributed by atoms with Crippen molar-refractivity contribution in [3.05, 3.63) is 65.9 Å². The number of rotatable bonds is 4. The van der Waals surface area contributed by atoms with E-state index >= 15 is 0 Å². The third kappa shape index (κ3) is 3.64. The SMILES string of the molecule is CN1C[C@H](CNNC(=S)Nc2ccccc2)C[C@@H]2c3cccc4[nH]cc(c34)C[C@H]21. The third-order valence-corrected chi connectivity index (χ3v) is 6.64. The molecule has 3 aromatic rings. The molecule has 2 heterocycles. The van der Waals surface area contributed by atoms with Crippen LogP contribution in [0.15, 0.2) is 54.7 Å². The number of piperidine rings is 1. The van der Waals surface area contributed by atoms with Crippen LogP contribution in [-0.2, 0) is 6.42 Å². The summed E-state index contributed by atoms with van der Waals surface area (Å²) >= 11 is 5.40. The number of para-hydroxylation sites is 1. The van der Waals surface area contributed by atoms with Gasteiger partial charge >= 0.3 is 0 Å². The van der Waals surface area contributed by atoms with Gasteiger partial charge in [-0.05, 0) is 67.4 Å². The first-order valence-corrected chi connectivity index (χ1v) is 10.7. The van der Waals surface area contributed by atoms with Crippen LogP contribution in [0.2, 0.25) is 0 Å². The Morgan fingerprint density at radius 1 is 1.17 bits per heavy atom. The lowest BCUT2D eigenvalue weighted by Crippen LogP contribution is -2.51. The smallest absolute Gasteiger partial charge is 0.185 e. The molecule has 4 N–H and O–H groups in total. The van der Waals surface area contributed by atoms with Crippen molar-refractivity contribution >= 4 is 33.9 Å². The van der Waals surface area contributed by atoms with Gasteiger partial charge in [-0.25, -0.2) is 5.43 Å². The molecule has 5 rings (SSSR count). The Hall–Kier alpha value is -2.41. The van der Waals surface area contributed by atoms with Crippen molar-refractivity contribution in [3.8, 4) is 0 Å². The van der Waals surface area contributed by atoms with Crippen LogP contribution in [-0.4, -0.2) is 41.2 Å². The lowest BCUT2D eigenvalue weighted by Gasteiger charge is -2.45. The van der Waals surface area contributed by atoms with Crippen molar-refractivity contribution in [2.45, 2.75) is 24.8 Å². The molecule has 0 unspecified atom stereocenters. The summed E-state index contributed by atoms with van der Waals surface area (Å²) in [7, 11) is 2.27. The Morgan fingerprint density at radius 3 is 2.90 bits per heavy atom. The molecular weight excluding hydrogens is 378 g/mol. The van der Waals surface area contributed by atoms with Gasteiger partial charge in [-0.15, -0.1) is 0 Å². The van der Waals surface area contributed by atoms with Gasteiger partial charge in [0.2, 0.25) is 0 Å². The van der Waals surface area contributed by atoms with Gasteiger partial charge in [-0.3, -0.25) is 5.43 Å². The van der Waals surface area contributed by atoms with E-state index in [1.165, 1.54) is 28.5 Å². The number of likely N-dealkylation sites (tertiary alicyclic amines) is 1. The standard InChI is InChI=1S/C23H27N5S/c1-28-14-15(12-25-27-23(29)26-17-6-3-2-4-7-17)10-19-18-8-5-9-20-22(18)16(13-24-20)11-21(19)28/h2-9,13,15,19,21,24-25H,10-12,14H2,1H3,(H2,26,27,29)/t15-,19+,21+/m0/s1. The predicted molar refractivity (Wildman–Crippen MR) is 123 cm³/mol. The number of nitrogens with one attached hydrogen (secondary N) is 4. The first-order valence-electron chi connectivity index (χ1n) is 10.3. The maximum atomic E-state index is 5.40. The number of hydrogen-bond donors (Lipinski definition) is 4. The molecule has 0 amide bonds. The van der Waals surface area contributed by atoms with Crippen LogP contribution in [0.3, 0.4) is 0 Å². The molecule has 5 nitrogen and oxygen atoms in total. The molecule has 0 radical (unpaired) electrons. The highest BCUT2D eigenvalue weighted by atomic mass is 32.1. The van der Waals surface area contributed by atoms with E-state index in [1.807, 2.05) is 30.3 Å². The number of benzene rings is 2. The first-order chi connectivity index (χ1) is 14.2. The van der Waals surface area contributed by atoms with Crippen molar-refractivity contribution in [1.82, 2.24) is 20.7 Å². The Morgan fingerprint density at radius 2 is 2.03 bits per heavy atom. The van der Waals surface area contributed by atoms with Crippen LogP contribution >= 0.6 is 12.2 Å². The largest absolute Gasteiger partial charge is 0.361 e. The van der Waals surface area contributed by atoms with E-state index in [1.54, 1.807) is 0 Å². The summed E-state index contributed by atoms with van der Waals surface area (Å²) in [5.41, 5.74) is 11.7. The highest BCUT2D eigenvalue weighted by Crippen LogP contribution is 2.44. The highest BCUT2D eigenvalue weighted by molar-refractivity contribution is 7.80. The molecule has 1 aliphatic carbocycles. The maximum Gasteiger partial charge on any atom is 0.185 e. The van der Waals surface area contributed by atoms with Gasteiger partial charge in [-0.1, -0.05) is 30.3 Å². The second-order valence-electron chi connectivity index (χ2n) is 8.33.